The van der Waals surface area contributed by atoms with E-state index in [0.717, 1.165) is 34.0 Å². The number of para-hydroxylation sites is 5. The van der Waals surface area contributed by atoms with Gasteiger partial charge in [-0.1, -0.05) is 133 Å². The summed E-state index contributed by atoms with van der Waals surface area (Å²) >= 11 is 0. The monoisotopic (exact) mass is 727 g/mol. The minimum atomic E-state index is 1.10. The van der Waals surface area contributed by atoms with Gasteiger partial charge in [-0.25, -0.2) is 0 Å². The van der Waals surface area contributed by atoms with E-state index in [1.807, 2.05) is 0 Å². The lowest BCUT2D eigenvalue weighted by atomic mass is 9.97. The molecule has 0 bridgehead atoms. The molecule has 0 N–H and O–H groups in total. The van der Waals surface area contributed by atoms with E-state index in [1.165, 1.54) is 60.3 Å². The van der Waals surface area contributed by atoms with Crippen LogP contribution in [0.5, 0.6) is 0 Å². The first-order valence-corrected chi connectivity index (χ1v) is 19.5. The highest BCUT2D eigenvalue weighted by atomic mass is 15.1. The number of hydrogen-bond acceptors (Lipinski definition) is 1. The molecular formula is C54H37N3. The van der Waals surface area contributed by atoms with E-state index in [9.17, 15) is 0 Å². The van der Waals surface area contributed by atoms with Gasteiger partial charge in [0.25, 0.3) is 0 Å². The molecule has 0 aliphatic carbocycles. The number of rotatable bonds is 7. The normalized spacial score (nSPS) is 11.5. The van der Waals surface area contributed by atoms with Gasteiger partial charge in [0.05, 0.1) is 22.1 Å². The summed E-state index contributed by atoms with van der Waals surface area (Å²) in [6.45, 7) is 0. The highest BCUT2D eigenvalue weighted by molar-refractivity contribution is 6.11. The van der Waals surface area contributed by atoms with Crippen LogP contribution in [0.4, 0.5) is 17.1 Å². The zero-order valence-electron chi connectivity index (χ0n) is 31.2. The number of benzene rings is 9. The molecule has 0 radical (unpaired) electrons. The quantitative estimate of drug-likeness (QED) is 0.159. The van der Waals surface area contributed by atoms with Crippen LogP contribution in [0, 0.1) is 0 Å². The average molecular weight is 728 g/mol. The highest BCUT2D eigenvalue weighted by Crippen LogP contribution is 2.41. The SMILES string of the molecule is c1ccc(-c2cc(-c3ccc(N(c4ccccc4)c4ccc5c(c4)c4ccccc4n5-c4ccccc4)cc3)cc(-n3c4ccccc4c4ccccc43)c2)cc1. The van der Waals surface area contributed by atoms with Crippen molar-refractivity contribution < 1.29 is 0 Å². The van der Waals surface area contributed by atoms with Crippen LogP contribution in [0.15, 0.2) is 224 Å². The minimum absolute atomic E-state index is 1.10. The van der Waals surface area contributed by atoms with Crippen molar-refractivity contribution in [2.24, 2.45) is 0 Å². The molecule has 0 unspecified atom stereocenters. The fourth-order valence-electron chi connectivity index (χ4n) is 8.69. The molecule has 0 amide bonds. The van der Waals surface area contributed by atoms with Crippen LogP contribution >= 0.6 is 0 Å². The second kappa shape index (κ2) is 13.6. The third kappa shape index (κ3) is 5.60. The molecule has 0 saturated carbocycles. The second-order valence-corrected chi connectivity index (χ2v) is 14.6. The van der Waals surface area contributed by atoms with E-state index in [0.29, 0.717) is 0 Å². The third-order valence-corrected chi connectivity index (χ3v) is 11.3. The van der Waals surface area contributed by atoms with Gasteiger partial charge in [0, 0.05) is 50.0 Å². The van der Waals surface area contributed by atoms with Gasteiger partial charge in [-0.2, -0.15) is 0 Å². The van der Waals surface area contributed by atoms with E-state index in [1.54, 1.807) is 0 Å². The number of anilines is 3. The van der Waals surface area contributed by atoms with Gasteiger partial charge < -0.3 is 14.0 Å². The molecule has 0 saturated heterocycles. The van der Waals surface area contributed by atoms with Gasteiger partial charge in [-0.15, -0.1) is 0 Å². The van der Waals surface area contributed by atoms with Gasteiger partial charge in [0.1, 0.15) is 0 Å². The molecule has 0 fully saturated rings. The third-order valence-electron chi connectivity index (χ3n) is 11.3. The Hall–Kier alpha value is -7.62. The number of hydrogen-bond donors (Lipinski definition) is 0. The molecule has 9 aromatic carbocycles. The molecule has 0 atom stereocenters. The summed E-state index contributed by atoms with van der Waals surface area (Å²) in [7, 11) is 0. The molecule has 11 rings (SSSR count). The van der Waals surface area contributed by atoms with Crippen molar-refractivity contribution in [3.8, 4) is 33.6 Å². The van der Waals surface area contributed by atoms with Gasteiger partial charge in [-0.05, 0) is 113 Å². The lowest BCUT2D eigenvalue weighted by Crippen LogP contribution is -2.09. The van der Waals surface area contributed by atoms with Crippen LogP contribution in [0.2, 0.25) is 0 Å². The molecule has 2 aromatic heterocycles. The topological polar surface area (TPSA) is 13.1 Å². The summed E-state index contributed by atoms with van der Waals surface area (Å²) in [6, 6.07) is 81.1. The molecule has 11 aromatic rings. The summed E-state index contributed by atoms with van der Waals surface area (Å²) in [5.41, 5.74) is 15.1. The fraction of sp³-hybridized carbons (Fsp3) is 0. The zero-order chi connectivity index (χ0) is 37.7. The molecule has 2 heterocycles. The standard InChI is InChI=1S/C54H37N3/c1-4-16-38(17-5-1)40-34-41(36-46(35-40)57-51-25-13-10-22-47(51)48-23-11-14-26-52(48)57)39-28-30-44(31-29-39)55(42-18-6-2-7-19-42)45-32-33-54-50(37-45)49-24-12-15-27-53(49)56(54)43-20-8-3-9-21-43/h1-37H. The van der Waals surface area contributed by atoms with Crippen LogP contribution in [0.1, 0.15) is 0 Å². The van der Waals surface area contributed by atoms with Gasteiger partial charge in [0.2, 0.25) is 0 Å². The Labute approximate surface area is 331 Å². The largest absolute Gasteiger partial charge is 0.310 e. The minimum Gasteiger partial charge on any atom is -0.310 e. The van der Waals surface area contributed by atoms with E-state index in [4.69, 9.17) is 0 Å². The molecule has 268 valence electrons. The van der Waals surface area contributed by atoms with E-state index in [2.05, 4.69) is 238 Å². The predicted octanol–water partition coefficient (Wildman–Crippen LogP) is 14.7. The molecule has 0 spiro atoms. The first kappa shape index (κ1) is 32.8. The Balaban J connectivity index is 1.05. The lowest BCUT2D eigenvalue weighted by molar-refractivity contribution is 1.18. The Morgan fingerprint density at radius 2 is 0.667 bits per heavy atom. The molecule has 57 heavy (non-hydrogen) atoms. The summed E-state index contributed by atoms with van der Waals surface area (Å²) in [4.78, 5) is 2.36. The van der Waals surface area contributed by atoms with Crippen molar-refractivity contribution >= 4 is 60.7 Å². The first-order chi connectivity index (χ1) is 28.3. The van der Waals surface area contributed by atoms with Crippen LogP contribution in [-0.2, 0) is 0 Å². The van der Waals surface area contributed by atoms with Crippen LogP contribution < -0.4 is 4.90 Å². The Kier molecular flexibility index (Phi) is 7.82. The van der Waals surface area contributed by atoms with E-state index in [-0.39, 0.29) is 0 Å². The molecule has 0 aliphatic rings. The van der Waals surface area contributed by atoms with Gasteiger partial charge in [0.15, 0.2) is 0 Å². The van der Waals surface area contributed by atoms with Crippen molar-refractivity contribution in [1.82, 2.24) is 9.13 Å². The Morgan fingerprint density at radius 1 is 0.246 bits per heavy atom. The zero-order valence-corrected chi connectivity index (χ0v) is 31.2. The number of aromatic nitrogens is 2. The Bertz CT molecular complexity index is 3160. The van der Waals surface area contributed by atoms with Crippen LogP contribution in [0.25, 0.3) is 77.2 Å². The van der Waals surface area contributed by atoms with Crippen LogP contribution in [-0.4, -0.2) is 9.13 Å². The van der Waals surface area contributed by atoms with Crippen molar-refractivity contribution in [2.75, 3.05) is 4.90 Å². The first-order valence-electron chi connectivity index (χ1n) is 19.5. The maximum atomic E-state index is 2.41. The fourth-order valence-corrected chi connectivity index (χ4v) is 8.69. The van der Waals surface area contributed by atoms with Crippen molar-refractivity contribution in [2.45, 2.75) is 0 Å². The molecular weight excluding hydrogens is 691 g/mol. The smallest absolute Gasteiger partial charge is 0.0542 e. The number of nitrogens with zero attached hydrogens (tertiary/aromatic N) is 3. The maximum Gasteiger partial charge on any atom is 0.0542 e. The van der Waals surface area contributed by atoms with Gasteiger partial charge >= 0.3 is 0 Å². The molecule has 3 heteroatoms. The summed E-state index contributed by atoms with van der Waals surface area (Å²) in [5, 5.41) is 4.97. The number of fused-ring (bicyclic) bond motifs is 6. The molecule has 0 aliphatic heterocycles. The maximum absolute atomic E-state index is 2.41. The average Bonchev–Trinajstić information content (AvgIpc) is 3.80. The predicted molar refractivity (Wildman–Crippen MR) is 241 cm³/mol. The summed E-state index contributed by atoms with van der Waals surface area (Å²) in [5.74, 6) is 0. The van der Waals surface area contributed by atoms with Gasteiger partial charge in [-0.3, -0.25) is 0 Å². The van der Waals surface area contributed by atoms with Crippen LogP contribution in [0.3, 0.4) is 0 Å². The van der Waals surface area contributed by atoms with Crippen molar-refractivity contribution in [3.05, 3.63) is 224 Å². The Morgan fingerprint density at radius 3 is 1.26 bits per heavy atom. The van der Waals surface area contributed by atoms with Crippen molar-refractivity contribution in [1.29, 1.82) is 0 Å². The molecule has 3 nitrogen and oxygen atoms in total. The van der Waals surface area contributed by atoms with Crippen molar-refractivity contribution in [3.63, 3.8) is 0 Å². The summed E-state index contributed by atoms with van der Waals surface area (Å²) in [6.07, 6.45) is 0. The lowest BCUT2D eigenvalue weighted by Gasteiger charge is -2.26. The second-order valence-electron chi connectivity index (χ2n) is 14.6. The summed E-state index contributed by atoms with van der Waals surface area (Å²) < 4.78 is 4.78. The highest BCUT2D eigenvalue weighted by Gasteiger charge is 2.18. The van der Waals surface area contributed by atoms with E-state index >= 15 is 0 Å². The van der Waals surface area contributed by atoms with E-state index < -0.39 is 0 Å².